The fraction of sp³-hybridized carbons (Fsp3) is 0.800. The molecule has 0 saturated heterocycles. The first-order valence-corrected chi connectivity index (χ1v) is 8.13. The molecule has 0 radical (unpaired) electrons. The molecule has 0 aromatic carbocycles. The van der Waals surface area contributed by atoms with Gasteiger partial charge in [-0.25, -0.2) is 0 Å². The van der Waals surface area contributed by atoms with E-state index in [1.165, 1.54) is 25.7 Å². The second-order valence-corrected chi connectivity index (χ2v) is 5.63. The van der Waals surface area contributed by atoms with Crippen molar-refractivity contribution in [2.24, 2.45) is 10.9 Å². The molecular formula is C15H28N6. The lowest BCUT2D eigenvalue weighted by atomic mass is 10.0. The van der Waals surface area contributed by atoms with Crippen LogP contribution in [0.2, 0.25) is 0 Å². The van der Waals surface area contributed by atoms with Gasteiger partial charge in [-0.1, -0.05) is 26.7 Å². The monoisotopic (exact) mass is 292 g/mol. The topological polar surface area (TPSA) is 67.1 Å². The summed E-state index contributed by atoms with van der Waals surface area (Å²) in [5.41, 5.74) is 0. The van der Waals surface area contributed by atoms with Crippen LogP contribution in [0, 0.1) is 5.92 Å². The molecule has 2 heterocycles. The van der Waals surface area contributed by atoms with Gasteiger partial charge >= 0.3 is 0 Å². The van der Waals surface area contributed by atoms with E-state index >= 15 is 0 Å². The predicted octanol–water partition coefficient (Wildman–Crippen LogP) is 1.72. The van der Waals surface area contributed by atoms with Crippen molar-refractivity contribution < 1.29 is 0 Å². The highest BCUT2D eigenvalue weighted by Crippen LogP contribution is 2.13. The van der Waals surface area contributed by atoms with Gasteiger partial charge in [0.2, 0.25) is 0 Å². The molecular weight excluding hydrogens is 264 g/mol. The number of hydrogen-bond donors (Lipinski definition) is 2. The summed E-state index contributed by atoms with van der Waals surface area (Å²) in [7, 11) is 1.81. The minimum atomic E-state index is 0.676. The minimum Gasteiger partial charge on any atom is -0.356 e. The van der Waals surface area contributed by atoms with E-state index in [0.717, 1.165) is 37.1 Å². The Bertz CT molecular complexity index is 461. The van der Waals surface area contributed by atoms with Gasteiger partial charge in [0, 0.05) is 26.6 Å². The maximum atomic E-state index is 4.30. The van der Waals surface area contributed by atoms with Crippen molar-refractivity contribution >= 4 is 5.96 Å². The highest BCUT2D eigenvalue weighted by Gasteiger charge is 2.15. The molecule has 0 saturated carbocycles. The molecule has 1 aliphatic rings. The van der Waals surface area contributed by atoms with Crippen molar-refractivity contribution in [1.29, 1.82) is 0 Å². The zero-order chi connectivity index (χ0) is 15.1. The molecule has 0 bridgehead atoms. The first-order valence-electron chi connectivity index (χ1n) is 8.13. The molecule has 1 aromatic rings. The van der Waals surface area contributed by atoms with E-state index in [1.54, 1.807) is 0 Å². The third kappa shape index (κ3) is 4.19. The van der Waals surface area contributed by atoms with Gasteiger partial charge in [-0.05, 0) is 18.8 Å². The molecule has 6 nitrogen and oxygen atoms in total. The SMILES string of the molecule is CCC(CC)CNC(=NC)NCc1nnc2n1CCCC2. The fourth-order valence-electron chi connectivity index (χ4n) is 2.70. The molecule has 0 atom stereocenters. The Labute approximate surface area is 127 Å². The summed E-state index contributed by atoms with van der Waals surface area (Å²) in [4.78, 5) is 4.28. The maximum Gasteiger partial charge on any atom is 0.191 e. The largest absolute Gasteiger partial charge is 0.356 e. The number of nitrogens with one attached hydrogen (secondary N) is 2. The van der Waals surface area contributed by atoms with Crippen molar-refractivity contribution in [2.75, 3.05) is 13.6 Å². The van der Waals surface area contributed by atoms with Crippen LogP contribution in [0.3, 0.4) is 0 Å². The summed E-state index contributed by atoms with van der Waals surface area (Å²) >= 11 is 0. The molecule has 118 valence electrons. The molecule has 21 heavy (non-hydrogen) atoms. The predicted molar refractivity (Wildman–Crippen MR) is 85.2 cm³/mol. The molecule has 0 aliphatic carbocycles. The van der Waals surface area contributed by atoms with Crippen LogP contribution in [0.15, 0.2) is 4.99 Å². The summed E-state index contributed by atoms with van der Waals surface area (Å²) in [5.74, 6) is 3.67. The molecule has 1 aromatic heterocycles. The third-order valence-corrected chi connectivity index (χ3v) is 4.29. The zero-order valence-electron chi connectivity index (χ0n) is 13.5. The standard InChI is InChI=1S/C15H28N6/c1-4-12(5-2)10-17-15(16-3)18-11-14-20-19-13-8-6-7-9-21(13)14/h12H,4-11H2,1-3H3,(H2,16,17,18). The molecule has 2 N–H and O–H groups in total. The average molecular weight is 292 g/mol. The maximum absolute atomic E-state index is 4.30. The van der Waals surface area contributed by atoms with Gasteiger partial charge < -0.3 is 15.2 Å². The van der Waals surface area contributed by atoms with Gasteiger partial charge in [0.05, 0.1) is 6.54 Å². The van der Waals surface area contributed by atoms with Gasteiger partial charge in [-0.3, -0.25) is 4.99 Å². The van der Waals surface area contributed by atoms with E-state index < -0.39 is 0 Å². The van der Waals surface area contributed by atoms with Crippen molar-refractivity contribution in [1.82, 2.24) is 25.4 Å². The Morgan fingerprint density at radius 1 is 1.24 bits per heavy atom. The lowest BCUT2D eigenvalue weighted by Crippen LogP contribution is -2.39. The van der Waals surface area contributed by atoms with Crippen molar-refractivity contribution in [3.05, 3.63) is 11.6 Å². The molecule has 6 heteroatoms. The Morgan fingerprint density at radius 3 is 2.76 bits per heavy atom. The van der Waals surface area contributed by atoms with Crippen LogP contribution in [0.25, 0.3) is 0 Å². The first-order chi connectivity index (χ1) is 10.3. The number of aromatic nitrogens is 3. The van der Waals surface area contributed by atoms with E-state index in [0.29, 0.717) is 12.5 Å². The Kier molecular flexibility index (Phi) is 6.02. The molecule has 2 rings (SSSR count). The van der Waals surface area contributed by atoms with Gasteiger partial charge in [0.15, 0.2) is 11.8 Å². The highest BCUT2D eigenvalue weighted by atomic mass is 15.3. The lowest BCUT2D eigenvalue weighted by molar-refractivity contribution is 0.479. The van der Waals surface area contributed by atoms with Gasteiger partial charge in [0.25, 0.3) is 0 Å². The average Bonchev–Trinajstić information content (AvgIpc) is 2.94. The first kappa shape index (κ1) is 15.8. The number of aliphatic imine (C=N–C) groups is 1. The molecule has 0 unspecified atom stereocenters. The minimum absolute atomic E-state index is 0.676. The van der Waals surface area contributed by atoms with Crippen molar-refractivity contribution in [3.63, 3.8) is 0 Å². The normalized spacial score (nSPS) is 15.1. The second kappa shape index (κ2) is 8.00. The van der Waals surface area contributed by atoms with Crippen LogP contribution >= 0.6 is 0 Å². The number of hydrogen-bond acceptors (Lipinski definition) is 3. The summed E-state index contributed by atoms with van der Waals surface area (Å²) < 4.78 is 2.24. The Balaban J connectivity index is 1.84. The molecule has 1 aliphatic heterocycles. The van der Waals surface area contributed by atoms with Crippen LogP contribution in [0.1, 0.15) is 51.2 Å². The van der Waals surface area contributed by atoms with Crippen LogP contribution < -0.4 is 10.6 Å². The van der Waals surface area contributed by atoms with Crippen molar-refractivity contribution in [3.8, 4) is 0 Å². The van der Waals surface area contributed by atoms with Crippen LogP contribution in [-0.4, -0.2) is 34.3 Å². The Morgan fingerprint density at radius 2 is 2.05 bits per heavy atom. The van der Waals surface area contributed by atoms with Crippen LogP contribution in [0.4, 0.5) is 0 Å². The third-order valence-electron chi connectivity index (χ3n) is 4.29. The smallest absolute Gasteiger partial charge is 0.191 e. The fourth-order valence-corrected chi connectivity index (χ4v) is 2.70. The number of rotatable bonds is 6. The second-order valence-electron chi connectivity index (χ2n) is 5.63. The van der Waals surface area contributed by atoms with Gasteiger partial charge in [-0.15, -0.1) is 10.2 Å². The molecule has 0 spiro atoms. The zero-order valence-corrected chi connectivity index (χ0v) is 13.5. The Hall–Kier alpha value is -1.59. The van der Waals surface area contributed by atoms with E-state index in [-0.39, 0.29) is 0 Å². The molecule has 0 fully saturated rings. The summed E-state index contributed by atoms with van der Waals surface area (Å²) in [6.07, 6.45) is 5.88. The van der Waals surface area contributed by atoms with Crippen LogP contribution in [0.5, 0.6) is 0 Å². The van der Waals surface area contributed by atoms with Gasteiger partial charge in [0.1, 0.15) is 5.82 Å². The number of nitrogens with zero attached hydrogens (tertiary/aromatic N) is 4. The highest BCUT2D eigenvalue weighted by molar-refractivity contribution is 5.79. The van der Waals surface area contributed by atoms with E-state index in [1.807, 2.05) is 7.05 Å². The van der Waals surface area contributed by atoms with Crippen molar-refractivity contribution in [2.45, 2.75) is 59.0 Å². The lowest BCUT2D eigenvalue weighted by Gasteiger charge is -2.18. The number of fused-ring (bicyclic) bond motifs is 1. The van der Waals surface area contributed by atoms with E-state index in [4.69, 9.17) is 0 Å². The summed E-state index contributed by atoms with van der Waals surface area (Å²) in [5, 5.41) is 15.3. The quantitative estimate of drug-likeness (QED) is 0.619. The van der Waals surface area contributed by atoms with Crippen LogP contribution in [-0.2, 0) is 19.5 Å². The summed E-state index contributed by atoms with van der Waals surface area (Å²) in [6.45, 7) is 7.14. The van der Waals surface area contributed by atoms with E-state index in [9.17, 15) is 0 Å². The molecule has 0 amide bonds. The van der Waals surface area contributed by atoms with Gasteiger partial charge in [-0.2, -0.15) is 0 Å². The number of guanidine groups is 1. The summed E-state index contributed by atoms with van der Waals surface area (Å²) in [6, 6.07) is 0. The number of aryl methyl sites for hydroxylation is 1. The van der Waals surface area contributed by atoms with E-state index in [2.05, 4.69) is 44.2 Å².